The highest BCUT2D eigenvalue weighted by atomic mass is 16.1. The van der Waals surface area contributed by atoms with Gasteiger partial charge in [0, 0.05) is 6.42 Å². The van der Waals surface area contributed by atoms with E-state index in [1.165, 1.54) is 25.7 Å². The minimum Gasteiger partial charge on any atom is -0.300 e. The van der Waals surface area contributed by atoms with E-state index in [9.17, 15) is 4.79 Å². The summed E-state index contributed by atoms with van der Waals surface area (Å²) < 4.78 is 0. The Balaban J connectivity index is 0.000000461. The summed E-state index contributed by atoms with van der Waals surface area (Å²) in [4.78, 5) is 10.6. The molecule has 0 aromatic rings. The molecule has 1 heteroatoms. The smallest absolute Gasteiger partial charge is 0.130 e. The number of Topliss-reactive ketones (excluding diaryl/α,β-unsaturated/α-hetero) is 1. The largest absolute Gasteiger partial charge is 0.300 e. The van der Waals surface area contributed by atoms with Crippen molar-refractivity contribution < 1.29 is 4.79 Å². The third kappa shape index (κ3) is 5.00. The summed E-state index contributed by atoms with van der Waals surface area (Å²) in [6, 6.07) is 0. The van der Waals surface area contributed by atoms with Crippen LogP contribution in [0.25, 0.3) is 0 Å². The summed E-state index contributed by atoms with van der Waals surface area (Å²) in [7, 11) is 0. The van der Waals surface area contributed by atoms with E-state index in [1.807, 2.05) is 13.8 Å². The molecule has 0 bridgehead atoms. The van der Waals surface area contributed by atoms with Gasteiger partial charge in [0.05, 0.1) is 0 Å². The first kappa shape index (κ1) is 10.7. The lowest BCUT2D eigenvalue weighted by Crippen LogP contribution is -1.99. The molecule has 11 heavy (non-hydrogen) atoms. The number of hydrogen-bond acceptors (Lipinski definition) is 1. The number of carbonyl (C=O) groups is 1. The predicted octanol–water partition coefficient (Wildman–Crippen LogP) is 3.18. The SMILES string of the molecule is CC.CC(=O)CC1CCCC1. The molecule has 1 fully saturated rings. The first-order chi connectivity index (χ1) is 5.29. The van der Waals surface area contributed by atoms with E-state index >= 15 is 0 Å². The quantitative estimate of drug-likeness (QED) is 0.600. The minimum atomic E-state index is 0.363. The Morgan fingerprint density at radius 2 is 1.73 bits per heavy atom. The van der Waals surface area contributed by atoms with Crippen LogP contribution in [0.5, 0.6) is 0 Å². The Bertz CT molecular complexity index is 101. The van der Waals surface area contributed by atoms with Crippen molar-refractivity contribution >= 4 is 5.78 Å². The van der Waals surface area contributed by atoms with Gasteiger partial charge in [0.2, 0.25) is 0 Å². The molecule has 1 aliphatic carbocycles. The molecule has 1 saturated carbocycles. The van der Waals surface area contributed by atoms with E-state index in [0.717, 1.165) is 12.3 Å². The fourth-order valence-electron chi connectivity index (χ4n) is 1.62. The molecule has 0 aromatic heterocycles. The van der Waals surface area contributed by atoms with Crippen LogP contribution in [0.3, 0.4) is 0 Å². The molecule has 0 radical (unpaired) electrons. The van der Waals surface area contributed by atoms with Crippen LogP contribution in [0.4, 0.5) is 0 Å². The van der Waals surface area contributed by atoms with Gasteiger partial charge in [-0.15, -0.1) is 0 Å². The molecule has 0 heterocycles. The zero-order chi connectivity index (χ0) is 8.69. The third-order valence-corrected chi connectivity index (χ3v) is 2.05. The molecule has 0 saturated heterocycles. The van der Waals surface area contributed by atoms with Crippen molar-refractivity contribution in [2.75, 3.05) is 0 Å². The molecule has 0 amide bonds. The van der Waals surface area contributed by atoms with Crippen LogP contribution in [0.15, 0.2) is 0 Å². The second kappa shape index (κ2) is 6.38. The van der Waals surface area contributed by atoms with Gasteiger partial charge in [-0.1, -0.05) is 39.5 Å². The zero-order valence-electron chi connectivity index (χ0n) is 8.02. The van der Waals surface area contributed by atoms with Crippen molar-refractivity contribution in [3.05, 3.63) is 0 Å². The van der Waals surface area contributed by atoms with Crippen molar-refractivity contribution in [1.82, 2.24) is 0 Å². The fraction of sp³-hybridized carbons (Fsp3) is 0.900. The third-order valence-electron chi connectivity index (χ3n) is 2.05. The second-order valence-corrected chi connectivity index (χ2v) is 3.06. The number of rotatable bonds is 2. The zero-order valence-corrected chi connectivity index (χ0v) is 8.02. The summed E-state index contributed by atoms with van der Waals surface area (Å²) in [6.45, 7) is 5.69. The highest BCUT2D eigenvalue weighted by molar-refractivity contribution is 5.75. The second-order valence-electron chi connectivity index (χ2n) is 3.06. The van der Waals surface area contributed by atoms with E-state index in [-0.39, 0.29) is 0 Å². The molecule has 0 atom stereocenters. The summed E-state index contributed by atoms with van der Waals surface area (Å²) in [5.41, 5.74) is 0. The maximum absolute atomic E-state index is 10.6. The Hall–Kier alpha value is -0.330. The van der Waals surface area contributed by atoms with Gasteiger partial charge in [-0.25, -0.2) is 0 Å². The first-order valence-corrected chi connectivity index (χ1v) is 4.78. The van der Waals surface area contributed by atoms with Crippen LogP contribution in [-0.2, 0) is 4.79 Å². The Morgan fingerprint density at radius 1 is 1.27 bits per heavy atom. The van der Waals surface area contributed by atoms with E-state index in [2.05, 4.69) is 0 Å². The van der Waals surface area contributed by atoms with Gasteiger partial charge >= 0.3 is 0 Å². The molecule has 0 aliphatic heterocycles. The standard InChI is InChI=1S/C8H14O.C2H6/c1-7(9)6-8-4-2-3-5-8;1-2/h8H,2-6H2,1H3;1-2H3. The van der Waals surface area contributed by atoms with Gasteiger partial charge in [-0.3, -0.25) is 0 Å². The van der Waals surface area contributed by atoms with E-state index in [1.54, 1.807) is 6.92 Å². The lowest BCUT2D eigenvalue weighted by Gasteiger charge is -2.02. The van der Waals surface area contributed by atoms with Gasteiger partial charge in [0.1, 0.15) is 5.78 Å². The molecular weight excluding hydrogens is 136 g/mol. The minimum absolute atomic E-state index is 0.363. The van der Waals surface area contributed by atoms with Crippen molar-refractivity contribution in [1.29, 1.82) is 0 Å². The average Bonchev–Trinajstić information content (AvgIpc) is 2.43. The Morgan fingerprint density at radius 3 is 2.09 bits per heavy atom. The van der Waals surface area contributed by atoms with Crippen LogP contribution in [0.1, 0.15) is 52.9 Å². The lowest BCUT2D eigenvalue weighted by molar-refractivity contribution is -0.117. The normalized spacial score (nSPS) is 17.4. The monoisotopic (exact) mass is 156 g/mol. The van der Waals surface area contributed by atoms with Crippen LogP contribution < -0.4 is 0 Å². The summed E-state index contributed by atoms with van der Waals surface area (Å²) in [5.74, 6) is 1.10. The van der Waals surface area contributed by atoms with E-state index in [0.29, 0.717) is 5.78 Å². The molecule has 0 aromatic carbocycles. The van der Waals surface area contributed by atoms with E-state index < -0.39 is 0 Å². The van der Waals surface area contributed by atoms with Gasteiger partial charge < -0.3 is 4.79 Å². The number of hydrogen-bond donors (Lipinski definition) is 0. The molecular formula is C10H20O. The molecule has 66 valence electrons. The first-order valence-electron chi connectivity index (χ1n) is 4.78. The van der Waals surface area contributed by atoms with Crippen LogP contribution in [0.2, 0.25) is 0 Å². The van der Waals surface area contributed by atoms with Crippen molar-refractivity contribution in [2.24, 2.45) is 5.92 Å². The van der Waals surface area contributed by atoms with E-state index in [4.69, 9.17) is 0 Å². The molecule has 0 N–H and O–H groups in total. The van der Waals surface area contributed by atoms with Crippen molar-refractivity contribution in [3.8, 4) is 0 Å². The number of carbonyl (C=O) groups excluding carboxylic acids is 1. The lowest BCUT2D eigenvalue weighted by atomic mass is 10.0. The topological polar surface area (TPSA) is 17.1 Å². The summed E-state index contributed by atoms with van der Waals surface area (Å²) in [5, 5.41) is 0. The predicted molar refractivity (Wildman–Crippen MR) is 48.6 cm³/mol. The molecule has 1 rings (SSSR count). The fourth-order valence-corrected chi connectivity index (χ4v) is 1.62. The molecule has 1 aliphatic rings. The van der Waals surface area contributed by atoms with Crippen LogP contribution in [-0.4, -0.2) is 5.78 Å². The number of ketones is 1. The Labute approximate surface area is 70.2 Å². The van der Waals surface area contributed by atoms with Crippen LogP contribution in [0, 0.1) is 5.92 Å². The van der Waals surface area contributed by atoms with Crippen LogP contribution >= 0.6 is 0 Å². The average molecular weight is 156 g/mol. The van der Waals surface area contributed by atoms with Crippen molar-refractivity contribution in [2.45, 2.75) is 52.9 Å². The van der Waals surface area contributed by atoms with Gasteiger partial charge in [-0.05, 0) is 12.8 Å². The highest BCUT2D eigenvalue weighted by Crippen LogP contribution is 2.27. The Kier molecular flexibility index (Phi) is 6.19. The molecule has 0 unspecified atom stereocenters. The maximum Gasteiger partial charge on any atom is 0.130 e. The van der Waals surface area contributed by atoms with Gasteiger partial charge in [0.15, 0.2) is 0 Å². The van der Waals surface area contributed by atoms with Gasteiger partial charge in [-0.2, -0.15) is 0 Å². The molecule has 1 nitrogen and oxygen atoms in total. The van der Waals surface area contributed by atoms with Gasteiger partial charge in [0.25, 0.3) is 0 Å². The summed E-state index contributed by atoms with van der Waals surface area (Å²) in [6.07, 6.45) is 6.11. The molecule has 0 spiro atoms. The summed E-state index contributed by atoms with van der Waals surface area (Å²) >= 11 is 0. The highest BCUT2D eigenvalue weighted by Gasteiger charge is 2.15. The maximum atomic E-state index is 10.6. The van der Waals surface area contributed by atoms with Crippen molar-refractivity contribution in [3.63, 3.8) is 0 Å².